The molecule has 0 aromatic heterocycles. The van der Waals surface area contributed by atoms with Crippen molar-refractivity contribution in [2.45, 2.75) is 33.2 Å². The number of hydrogen-bond acceptors (Lipinski definition) is 3. The highest BCUT2D eigenvalue weighted by Crippen LogP contribution is 2.15. The molecule has 0 aliphatic rings. The molecule has 0 bridgehead atoms. The monoisotopic (exact) mass is 339 g/mol. The summed E-state index contributed by atoms with van der Waals surface area (Å²) in [5.74, 6) is -0.202. The normalized spacial score (nSPS) is 11.8. The molecule has 0 aliphatic carbocycles. The summed E-state index contributed by atoms with van der Waals surface area (Å²) in [7, 11) is 0. The molecule has 0 radical (unpaired) electrons. The fourth-order valence-electron chi connectivity index (χ4n) is 2.57. The summed E-state index contributed by atoms with van der Waals surface area (Å²) in [5, 5.41) is 2.85. The van der Waals surface area contributed by atoms with Crippen molar-refractivity contribution >= 4 is 11.9 Å². The lowest BCUT2D eigenvalue weighted by Gasteiger charge is -2.15. The van der Waals surface area contributed by atoms with Gasteiger partial charge in [0, 0.05) is 0 Å². The Balaban J connectivity index is 1.82. The maximum absolute atomic E-state index is 12.0. The summed E-state index contributed by atoms with van der Waals surface area (Å²) in [4.78, 5) is 23.8. The Morgan fingerprint density at radius 1 is 0.960 bits per heavy atom. The molecule has 2 aromatic carbocycles. The van der Waals surface area contributed by atoms with Crippen LogP contribution in [0.5, 0.6) is 0 Å². The zero-order valence-electron chi connectivity index (χ0n) is 15.0. The maximum Gasteiger partial charge on any atom is 0.338 e. The molecule has 4 heteroatoms. The minimum absolute atomic E-state index is 0.143. The van der Waals surface area contributed by atoms with Gasteiger partial charge in [0.25, 0.3) is 5.91 Å². The Labute approximate surface area is 149 Å². The minimum Gasteiger partial charge on any atom is -0.452 e. The van der Waals surface area contributed by atoms with Gasteiger partial charge in [0.1, 0.15) is 0 Å². The van der Waals surface area contributed by atoms with E-state index in [1.54, 1.807) is 24.3 Å². The highest BCUT2D eigenvalue weighted by molar-refractivity contribution is 5.91. The molecule has 2 aromatic rings. The lowest BCUT2D eigenvalue weighted by Crippen LogP contribution is -2.31. The van der Waals surface area contributed by atoms with Crippen LogP contribution in [0.15, 0.2) is 54.6 Å². The van der Waals surface area contributed by atoms with Crippen LogP contribution in [0, 0.1) is 5.92 Å². The molecular weight excluding hydrogens is 314 g/mol. The van der Waals surface area contributed by atoms with Crippen LogP contribution < -0.4 is 5.32 Å². The van der Waals surface area contributed by atoms with E-state index in [-0.39, 0.29) is 18.6 Å². The van der Waals surface area contributed by atoms with Crippen LogP contribution in [-0.4, -0.2) is 18.5 Å². The third-order valence-electron chi connectivity index (χ3n) is 3.85. The number of hydrogen-bond donors (Lipinski definition) is 1. The summed E-state index contributed by atoms with van der Waals surface area (Å²) in [6, 6.07) is 16.7. The maximum atomic E-state index is 12.0. The summed E-state index contributed by atoms with van der Waals surface area (Å²) >= 11 is 0. The first kappa shape index (κ1) is 18.7. The van der Waals surface area contributed by atoms with Crippen LogP contribution in [0.4, 0.5) is 0 Å². The lowest BCUT2D eigenvalue weighted by atomic mass is 10.00. The molecular formula is C21H25NO3. The quantitative estimate of drug-likeness (QED) is 0.778. The van der Waals surface area contributed by atoms with E-state index < -0.39 is 5.97 Å². The zero-order valence-corrected chi connectivity index (χ0v) is 15.0. The largest absolute Gasteiger partial charge is 0.452 e. The van der Waals surface area contributed by atoms with Crippen molar-refractivity contribution in [3.63, 3.8) is 0 Å². The van der Waals surface area contributed by atoms with Crippen LogP contribution >= 0.6 is 0 Å². The van der Waals surface area contributed by atoms with Crippen molar-refractivity contribution in [3.8, 4) is 0 Å². The van der Waals surface area contributed by atoms with Gasteiger partial charge in [0.2, 0.25) is 0 Å². The number of nitrogens with one attached hydrogen (secondary N) is 1. The van der Waals surface area contributed by atoms with Crippen molar-refractivity contribution < 1.29 is 14.3 Å². The number of ether oxygens (including phenoxy) is 1. The second-order valence-electron chi connectivity index (χ2n) is 6.57. The number of carbonyl (C=O) groups is 2. The van der Waals surface area contributed by atoms with E-state index >= 15 is 0 Å². The molecule has 0 spiro atoms. The predicted molar refractivity (Wildman–Crippen MR) is 98.3 cm³/mol. The van der Waals surface area contributed by atoms with Gasteiger partial charge in [-0.2, -0.15) is 0 Å². The van der Waals surface area contributed by atoms with Crippen LogP contribution in [0.1, 0.15) is 48.3 Å². The van der Waals surface area contributed by atoms with E-state index in [9.17, 15) is 9.59 Å². The van der Waals surface area contributed by atoms with Crippen molar-refractivity contribution in [2.75, 3.05) is 6.61 Å². The van der Waals surface area contributed by atoms with Gasteiger partial charge in [-0.1, -0.05) is 56.3 Å². The molecule has 0 heterocycles. The van der Waals surface area contributed by atoms with Gasteiger partial charge in [-0.25, -0.2) is 4.79 Å². The van der Waals surface area contributed by atoms with Gasteiger partial charge in [0.05, 0.1) is 11.6 Å². The van der Waals surface area contributed by atoms with E-state index in [2.05, 4.69) is 31.3 Å². The second kappa shape index (κ2) is 9.02. The fraction of sp³-hybridized carbons (Fsp3) is 0.333. The van der Waals surface area contributed by atoms with E-state index in [0.717, 1.165) is 12.0 Å². The summed E-state index contributed by atoms with van der Waals surface area (Å²) < 4.78 is 5.04. The second-order valence-corrected chi connectivity index (χ2v) is 6.57. The number of rotatable bonds is 7. The highest BCUT2D eigenvalue weighted by Gasteiger charge is 2.13. The lowest BCUT2D eigenvalue weighted by molar-refractivity contribution is -0.124. The number of benzene rings is 2. The average Bonchev–Trinajstić information content (AvgIpc) is 2.60. The summed E-state index contributed by atoms with van der Waals surface area (Å²) in [5.41, 5.74) is 2.74. The molecule has 1 N–H and O–H groups in total. The third kappa shape index (κ3) is 6.07. The SMILES string of the molecule is CC(C)Cc1ccc([C@H](C)NC(=O)COC(=O)c2ccccc2)cc1. The van der Waals surface area contributed by atoms with Crippen LogP contribution in [0.25, 0.3) is 0 Å². The van der Waals surface area contributed by atoms with Crippen LogP contribution in [0.3, 0.4) is 0 Å². The van der Waals surface area contributed by atoms with Gasteiger partial charge in [-0.15, -0.1) is 0 Å². The van der Waals surface area contributed by atoms with Crippen LogP contribution in [0.2, 0.25) is 0 Å². The van der Waals surface area contributed by atoms with E-state index in [1.807, 2.05) is 25.1 Å². The first-order chi connectivity index (χ1) is 12.0. The third-order valence-corrected chi connectivity index (χ3v) is 3.85. The van der Waals surface area contributed by atoms with E-state index in [4.69, 9.17) is 4.74 Å². The summed E-state index contributed by atoms with van der Waals surface area (Å²) in [6.45, 7) is 6.00. The summed E-state index contributed by atoms with van der Waals surface area (Å²) in [6.07, 6.45) is 1.04. The van der Waals surface area contributed by atoms with Crippen molar-refractivity contribution in [1.82, 2.24) is 5.32 Å². The molecule has 2 rings (SSSR count). The fourth-order valence-corrected chi connectivity index (χ4v) is 2.57. The molecule has 132 valence electrons. The van der Waals surface area contributed by atoms with Crippen molar-refractivity contribution in [2.24, 2.45) is 5.92 Å². The Kier molecular flexibility index (Phi) is 6.75. The molecule has 0 saturated heterocycles. The van der Waals surface area contributed by atoms with E-state index in [0.29, 0.717) is 11.5 Å². The Hall–Kier alpha value is -2.62. The Bertz CT molecular complexity index is 693. The molecule has 0 fully saturated rings. The topological polar surface area (TPSA) is 55.4 Å². The molecule has 4 nitrogen and oxygen atoms in total. The Morgan fingerprint density at radius 3 is 2.20 bits per heavy atom. The van der Waals surface area contributed by atoms with Gasteiger partial charge in [0.15, 0.2) is 6.61 Å². The Morgan fingerprint density at radius 2 is 1.60 bits per heavy atom. The number of esters is 1. The minimum atomic E-state index is -0.499. The van der Waals surface area contributed by atoms with Gasteiger partial charge >= 0.3 is 5.97 Å². The molecule has 1 amide bonds. The number of amides is 1. The first-order valence-electron chi connectivity index (χ1n) is 8.56. The molecule has 0 saturated carbocycles. The van der Waals surface area contributed by atoms with Crippen molar-refractivity contribution in [3.05, 3.63) is 71.3 Å². The first-order valence-corrected chi connectivity index (χ1v) is 8.56. The van der Waals surface area contributed by atoms with Crippen molar-refractivity contribution in [1.29, 1.82) is 0 Å². The predicted octanol–water partition coefficient (Wildman–Crippen LogP) is 3.92. The highest BCUT2D eigenvalue weighted by atomic mass is 16.5. The van der Waals surface area contributed by atoms with E-state index in [1.165, 1.54) is 5.56 Å². The molecule has 0 aliphatic heterocycles. The standard InChI is InChI=1S/C21H25NO3/c1-15(2)13-17-9-11-18(12-10-17)16(3)22-20(23)14-25-21(24)19-7-5-4-6-8-19/h4-12,15-16H,13-14H2,1-3H3,(H,22,23)/t16-/m0/s1. The average molecular weight is 339 g/mol. The molecule has 0 unspecified atom stereocenters. The number of carbonyl (C=O) groups excluding carboxylic acids is 2. The van der Waals surface area contributed by atoms with Gasteiger partial charge in [-0.3, -0.25) is 4.79 Å². The van der Waals surface area contributed by atoms with Gasteiger partial charge < -0.3 is 10.1 Å². The van der Waals surface area contributed by atoms with Gasteiger partial charge in [-0.05, 0) is 42.5 Å². The smallest absolute Gasteiger partial charge is 0.338 e. The molecule has 1 atom stereocenters. The zero-order chi connectivity index (χ0) is 18.2. The van der Waals surface area contributed by atoms with Crippen LogP contribution in [-0.2, 0) is 16.0 Å². The molecule has 25 heavy (non-hydrogen) atoms.